The van der Waals surface area contributed by atoms with E-state index in [1.807, 2.05) is 30.0 Å². The number of amides is 1. The highest BCUT2D eigenvalue weighted by Gasteiger charge is 2.32. The summed E-state index contributed by atoms with van der Waals surface area (Å²) in [5.41, 5.74) is 6.87. The summed E-state index contributed by atoms with van der Waals surface area (Å²) in [6, 6.07) is 8.18. The van der Waals surface area contributed by atoms with E-state index >= 15 is 0 Å². The zero-order chi connectivity index (χ0) is 14.5. The summed E-state index contributed by atoms with van der Waals surface area (Å²) in [5.74, 6) is 0.981. The molecule has 0 saturated carbocycles. The van der Waals surface area contributed by atoms with Crippen molar-refractivity contribution in [3.8, 4) is 5.75 Å². The van der Waals surface area contributed by atoms with Crippen molar-refractivity contribution in [2.45, 2.75) is 32.2 Å². The summed E-state index contributed by atoms with van der Waals surface area (Å²) >= 11 is 0. The standard InChI is InChI=1S/C16H24N2O2/c1-3-12(11-17)16(19)18-9-5-8-15(18)13-6-4-7-14(10-13)20-2/h4,6-7,10,12,15H,3,5,8-9,11,17H2,1-2H3. The van der Waals surface area contributed by atoms with Crippen molar-refractivity contribution in [1.29, 1.82) is 0 Å². The molecule has 1 heterocycles. The van der Waals surface area contributed by atoms with Gasteiger partial charge in [0.25, 0.3) is 0 Å². The number of ether oxygens (including phenoxy) is 1. The molecule has 2 rings (SSSR count). The molecule has 0 bridgehead atoms. The molecule has 0 aliphatic carbocycles. The van der Waals surface area contributed by atoms with Crippen LogP contribution in [0, 0.1) is 5.92 Å². The highest BCUT2D eigenvalue weighted by molar-refractivity contribution is 5.79. The van der Waals surface area contributed by atoms with Gasteiger partial charge >= 0.3 is 0 Å². The third-order valence-corrected chi connectivity index (χ3v) is 4.14. The van der Waals surface area contributed by atoms with Crippen LogP contribution >= 0.6 is 0 Å². The first-order chi connectivity index (χ1) is 9.71. The number of carbonyl (C=O) groups is 1. The van der Waals surface area contributed by atoms with Crippen molar-refractivity contribution in [3.63, 3.8) is 0 Å². The topological polar surface area (TPSA) is 55.6 Å². The molecule has 1 amide bonds. The van der Waals surface area contributed by atoms with Crippen LogP contribution in [0.25, 0.3) is 0 Å². The zero-order valence-corrected chi connectivity index (χ0v) is 12.3. The predicted octanol–water partition coefficient (Wildman–Crippen LogP) is 2.34. The van der Waals surface area contributed by atoms with E-state index in [4.69, 9.17) is 10.5 Å². The molecule has 20 heavy (non-hydrogen) atoms. The number of rotatable bonds is 5. The van der Waals surface area contributed by atoms with Gasteiger partial charge in [-0.2, -0.15) is 0 Å². The molecule has 1 fully saturated rings. The summed E-state index contributed by atoms with van der Waals surface area (Å²) in [6.45, 7) is 3.28. The van der Waals surface area contributed by atoms with Crippen LogP contribution < -0.4 is 10.5 Å². The van der Waals surface area contributed by atoms with Crippen LogP contribution in [-0.2, 0) is 4.79 Å². The minimum Gasteiger partial charge on any atom is -0.497 e. The average Bonchev–Trinajstić information content (AvgIpc) is 2.98. The van der Waals surface area contributed by atoms with Crippen LogP contribution in [0.15, 0.2) is 24.3 Å². The fourth-order valence-electron chi connectivity index (χ4n) is 2.90. The summed E-state index contributed by atoms with van der Waals surface area (Å²) in [6.07, 6.45) is 2.87. The average molecular weight is 276 g/mol. The number of methoxy groups -OCH3 is 1. The molecule has 2 atom stereocenters. The minimum atomic E-state index is -0.0544. The highest BCUT2D eigenvalue weighted by atomic mass is 16.5. The Morgan fingerprint density at radius 1 is 1.55 bits per heavy atom. The third-order valence-electron chi connectivity index (χ3n) is 4.14. The minimum absolute atomic E-state index is 0.0544. The van der Waals surface area contributed by atoms with E-state index in [1.165, 1.54) is 0 Å². The van der Waals surface area contributed by atoms with E-state index in [2.05, 4.69) is 6.07 Å². The normalized spacial score (nSPS) is 19.9. The lowest BCUT2D eigenvalue weighted by Crippen LogP contribution is -2.38. The molecular formula is C16H24N2O2. The van der Waals surface area contributed by atoms with Crippen molar-refractivity contribution >= 4 is 5.91 Å². The van der Waals surface area contributed by atoms with Crippen LogP contribution in [0.1, 0.15) is 37.8 Å². The summed E-state index contributed by atoms with van der Waals surface area (Å²) in [7, 11) is 1.66. The van der Waals surface area contributed by atoms with E-state index in [-0.39, 0.29) is 17.9 Å². The largest absolute Gasteiger partial charge is 0.497 e. The van der Waals surface area contributed by atoms with Crippen LogP contribution in [-0.4, -0.2) is 31.0 Å². The van der Waals surface area contributed by atoms with Crippen LogP contribution in [0.2, 0.25) is 0 Å². The predicted molar refractivity (Wildman–Crippen MR) is 79.5 cm³/mol. The molecule has 0 aromatic heterocycles. The maximum atomic E-state index is 12.6. The molecule has 0 spiro atoms. The second-order valence-corrected chi connectivity index (χ2v) is 5.31. The molecule has 2 unspecified atom stereocenters. The van der Waals surface area contributed by atoms with E-state index in [9.17, 15) is 4.79 Å². The van der Waals surface area contributed by atoms with E-state index in [0.717, 1.165) is 37.1 Å². The van der Waals surface area contributed by atoms with E-state index in [0.29, 0.717) is 6.54 Å². The fraction of sp³-hybridized carbons (Fsp3) is 0.562. The number of likely N-dealkylation sites (tertiary alicyclic amines) is 1. The summed E-state index contributed by atoms with van der Waals surface area (Å²) < 4.78 is 5.28. The Labute approximate surface area is 120 Å². The summed E-state index contributed by atoms with van der Waals surface area (Å²) in [5, 5.41) is 0. The number of hydrogen-bond donors (Lipinski definition) is 1. The maximum Gasteiger partial charge on any atom is 0.227 e. The number of carbonyl (C=O) groups excluding carboxylic acids is 1. The summed E-state index contributed by atoms with van der Waals surface area (Å²) in [4.78, 5) is 14.6. The van der Waals surface area contributed by atoms with Crippen molar-refractivity contribution in [2.75, 3.05) is 20.2 Å². The van der Waals surface area contributed by atoms with Gasteiger partial charge in [0.15, 0.2) is 0 Å². The maximum absolute atomic E-state index is 12.6. The molecule has 4 heteroatoms. The molecule has 1 aliphatic rings. The Bertz CT molecular complexity index is 458. The number of nitrogens with two attached hydrogens (primary N) is 1. The Kier molecular flexibility index (Phi) is 5.01. The quantitative estimate of drug-likeness (QED) is 0.898. The second-order valence-electron chi connectivity index (χ2n) is 5.31. The van der Waals surface area contributed by atoms with Gasteiger partial charge in [-0.1, -0.05) is 19.1 Å². The molecule has 110 valence electrons. The lowest BCUT2D eigenvalue weighted by molar-refractivity contribution is -0.136. The highest BCUT2D eigenvalue weighted by Crippen LogP contribution is 2.34. The number of benzene rings is 1. The fourth-order valence-corrected chi connectivity index (χ4v) is 2.90. The smallest absolute Gasteiger partial charge is 0.227 e. The SMILES string of the molecule is CCC(CN)C(=O)N1CCCC1c1cccc(OC)c1. The second kappa shape index (κ2) is 6.75. The van der Waals surface area contributed by atoms with Crippen molar-refractivity contribution in [2.24, 2.45) is 11.7 Å². The van der Waals surface area contributed by atoms with Gasteiger partial charge in [0.2, 0.25) is 5.91 Å². The molecule has 1 aromatic carbocycles. The van der Waals surface area contributed by atoms with Crippen LogP contribution in [0.5, 0.6) is 5.75 Å². The first-order valence-electron chi connectivity index (χ1n) is 7.35. The van der Waals surface area contributed by atoms with Gasteiger partial charge in [-0.25, -0.2) is 0 Å². The van der Waals surface area contributed by atoms with Crippen LogP contribution in [0.4, 0.5) is 0 Å². The Morgan fingerprint density at radius 3 is 3.00 bits per heavy atom. The first kappa shape index (κ1) is 14.9. The Hall–Kier alpha value is -1.55. The van der Waals surface area contributed by atoms with Gasteiger partial charge in [0.05, 0.1) is 19.1 Å². The molecule has 1 aliphatic heterocycles. The number of hydrogen-bond acceptors (Lipinski definition) is 3. The molecule has 1 saturated heterocycles. The van der Waals surface area contributed by atoms with Gasteiger partial charge in [0, 0.05) is 13.1 Å². The molecule has 2 N–H and O–H groups in total. The van der Waals surface area contributed by atoms with Crippen molar-refractivity contribution < 1.29 is 9.53 Å². The first-order valence-corrected chi connectivity index (χ1v) is 7.35. The van der Waals surface area contributed by atoms with E-state index in [1.54, 1.807) is 7.11 Å². The molecule has 0 radical (unpaired) electrons. The van der Waals surface area contributed by atoms with Gasteiger partial charge in [-0.15, -0.1) is 0 Å². The van der Waals surface area contributed by atoms with Gasteiger partial charge < -0.3 is 15.4 Å². The van der Waals surface area contributed by atoms with E-state index < -0.39 is 0 Å². The Morgan fingerprint density at radius 2 is 2.35 bits per heavy atom. The Balaban J connectivity index is 2.20. The van der Waals surface area contributed by atoms with Crippen molar-refractivity contribution in [1.82, 2.24) is 4.90 Å². The van der Waals surface area contributed by atoms with Gasteiger partial charge in [-0.05, 0) is 37.0 Å². The lowest BCUT2D eigenvalue weighted by atomic mass is 10.0. The number of nitrogens with zero attached hydrogens (tertiary/aromatic N) is 1. The molecule has 1 aromatic rings. The lowest BCUT2D eigenvalue weighted by Gasteiger charge is -2.28. The van der Waals surface area contributed by atoms with Gasteiger partial charge in [-0.3, -0.25) is 4.79 Å². The third kappa shape index (κ3) is 2.96. The monoisotopic (exact) mass is 276 g/mol. The zero-order valence-electron chi connectivity index (χ0n) is 12.3. The molecule has 4 nitrogen and oxygen atoms in total. The van der Waals surface area contributed by atoms with Crippen molar-refractivity contribution in [3.05, 3.63) is 29.8 Å². The molecular weight excluding hydrogens is 252 g/mol. The van der Waals surface area contributed by atoms with Crippen LogP contribution in [0.3, 0.4) is 0 Å². The van der Waals surface area contributed by atoms with Gasteiger partial charge in [0.1, 0.15) is 5.75 Å².